The van der Waals surface area contributed by atoms with E-state index in [9.17, 15) is 14.4 Å². The molecule has 3 aromatic rings. The highest BCUT2D eigenvalue weighted by Gasteiger charge is 2.37. The number of benzene rings is 3. The summed E-state index contributed by atoms with van der Waals surface area (Å²) >= 11 is 0. The fraction of sp³-hybridized carbons (Fsp3) is 0.432. The van der Waals surface area contributed by atoms with Gasteiger partial charge < -0.3 is 15.5 Å². The summed E-state index contributed by atoms with van der Waals surface area (Å²) in [4.78, 5) is 45.2. The minimum atomic E-state index is -0.828. The molecule has 0 aromatic heterocycles. The van der Waals surface area contributed by atoms with Gasteiger partial charge in [-0.1, -0.05) is 85.3 Å². The molecule has 1 aliphatic heterocycles. The number of likely N-dealkylation sites (N-methyl/N-ethyl adjacent to an activating group) is 3. The van der Waals surface area contributed by atoms with Crippen LogP contribution >= 0.6 is 0 Å². The largest absolute Gasteiger partial charge is 0.332 e. The maximum Gasteiger partial charge on any atom is 0.259 e. The number of carbonyl (C=O) groups excluding carboxylic acids is 3. The Morgan fingerprint density at radius 3 is 2.04 bits per heavy atom. The van der Waals surface area contributed by atoms with Gasteiger partial charge in [0.1, 0.15) is 12.1 Å². The molecule has 1 unspecified atom stereocenters. The zero-order valence-corrected chi connectivity index (χ0v) is 27.5. The van der Waals surface area contributed by atoms with Crippen LogP contribution in [0.15, 0.2) is 84.9 Å². The van der Waals surface area contributed by atoms with E-state index < -0.39 is 17.6 Å². The zero-order valence-electron chi connectivity index (χ0n) is 27.5. The van der Waals surface area contributed by atoms with Gasteiger partial charge in [0.15, 0.2) is 0 Å². The summed E-state index contributed by atoms with van der Waals surface area (Å²) in [7, 11) is 5.15. The van der Waals surface area contributed by atoms with Crippen molar-refractivity contribution in [2.75, 3.05) is 34.2 Å². The third-order valence-electron chi connectivity index (χ3n) is 8.70. The summed E-state index contributed by atoms with van der Waals surface area (Å²) < 4.78 is 0. The molecule has 2 N–H and O–H groups in total. The van der Waals surface area contributed by atoms with Gasteiger partial charge in [0.2, 0.25) is 11.8 Å². The first-order chi connectivity index (χ1) is 21.4. The smallest absolute Gasteiger partial charge is 0.259 e. The molecule has 0 saturated carbocycles. The number of hydrogen-bond acceptors (Lipinski definition) is 5. The second-order valence-electron chi connectivity index (χ2n) is 13.0. The average molecular weight is 612 g/mol. The predicted octanol–water partition coefficient (Wildman–Crippen LogP) is 4.82. The Labute approximate surface area is 268 Å². The minimum absolute atomic E-state index is 0.139. The summed E-state index contributed by atoms with van der Waals surface area (Å²) in [6.45, 7) is 5.42. The van der Waals surface area contributed by atoms with E-state index in [1.165, 1.54) is 11.0 Å². The Bertz CT molecular complexity index is 1480. The first-order valence-electron chi connectivity index (χ1n) is 16.0. The van der Waals surface area contributed by atoms with E-state index in [2.05, 4.69) is 11.1 Å². The molecule has 1 fully saturated rings. The lowest BCUT2D eigenvalue weighted by atomic mass is 9.98. The molecule has 2 atom stereocenters. The van der Waals surface area contributed by atoms with E-state index in [0.717, 1.165) is 54.3 Å². The third-order valence-corrected chi connectivity index (χ3v) is 8.70. The van der Waals surface area contributed by atoms with Crippen molar-refractivity contribution >= 4 is 28.5 Å². The number of fused-ring (bicyclic) bond motifs is 1. The molecule has 1 aliphatic rings. The highest BCUT2D eigenvalue weighted by Crippen LogP contribution is 2.21. The quantitative estimate of drug-likeness (QED) is 0.297. The number of amides is 3. The Balaban J connectivity index is 1.66. The standard InChI is InChI=1S/C37H49N5O3/c1-37(2,38)22-14-19-34(43)39(3)32(27-29-20-21-30-17-10-11-18-31(30)25-29)35(44)40(4)33(26-28-15-8-6-9-16-28)36(45)41(5)42-23-12-7-13-24-42/h6,8-11,14-21,25,32-33H,7,12-13,22-24,26-27,38H2,1-5H3/b19-14+/t32-,33?/m1/s1. The van der Waals surface area contributed by atoms with Gasteiger partial charge in [-0.3, -0.25) is 19.4 Å². The lowest BCUT2D eigenvalue weighted by Crippen LogP contribution is -2.58. The lowest BCUT2D eigenvalue weighted by Gasteiger charge is -2.40. The van der Waals surface area contributed by atoms with Crippen LogP contribution in [0.2, 0.25) is 0 Å². The summed E-state index contributed by atoms with van der Waals surface area (Å²) in [6.07, 6.45) is 7.66. The number of hydrazine groups is 1. The van der Waals surface area contributed by atoms with E-state index >= 15 is 0 Å². The van der Waals surface area contributed by atoms with Gasteiger partial charge in [-0.05, 0) is 61.1 Å². The number of hydrogen-bond donors (Lipinski definition) is 1. The van der Waals surface area contributed by atoms with Crippen molar-refractivity contribution in [3.63, 3.8) is 0 Å². The van der Waals surface area contributed by atoms with E-state index in [1.54, 1.807) is 37.1 Å². The van der Waals surface area contributed by atoms with Crippen molar-refractivity contribution in [1.29, 1.82) is 0 Å². The van der Waals surface area contributed by atoms with Crippen molar-refractivity contribution in [3.05, 3.63) is 96.1 Å². The number of carbonyl (C=O) groups is 3. The molecule has 1 saturated heterocycles. The molecule has 45 heavy (non-hydrogen) atoms. The summed E-state index contributed by atoms with van der Waals surface area (Å²) in [5.74, 6) is -0.712. The Kier molecular flexibility index (Phi) is 11.5. The second-order valence-corrected chi connectivity index (χ2v) is 13.0. The van der Waals surface area contributed by atoms with E-state index in [-0.39, 0.29) is 17.7 Å². The predicted molar refractivity (Wildman–Crippen MR) is 181 cm³/mol. The van der Waals surface area contributed by atoms with E-state index in [4.69, 9.17) is 5.73 Å². The molecule has 0 spiro atoms. The van der Waals surface area contributed by atoms with Crippen LogP contribution < -0.4 is 5.73 Å². The molecule has 0 aliphatic carbocycles. The van der Waals surface area contributed by atoms with Crippen LogP contribution in [0.5, 0.6) is 0 Å². The number of piperidine rings is 1. The van der Waals surface area contributed by atoms with E-state index in [0.29, 0.717) is 19.3 Å². The fourth-order valence-electron chi connectivity index (χ4n) is 5.86. The Morgan fingerprint density at radius 2 is 1.38 bits per heavy atom. The highest BCUT2D eigenvalue weighted by atomic mass is 16.2. The molecule has 8 heteroatoms. The van der Waals surface area contributed by atoms with Crippen molar-refractivity contribution in [1.82, 2.24) is 19.8 Å². The number of nitrogens with zero attached hydrogens (tertiary/aromatic N) is 4. The normalized spacial score (nSPS) is 15.5. The van der Waals surface area contributed by atoms with Crippen molar-refractivity contribution in [3.8, 4) is 0 Å². The molecule has 3 aromatic carbocycles. The molecule has 8 nitrogen and oxygen atoms in total. The van der Waals surface area contributed by atoms with Crippen molar-refractivity contribution in [2.45, 2.75) is 70.0 Å². The van der Waals surface area contributed by atoms with Crippen LogP contribution in [-0.2, 0) is 27.2 Å². The maximum absolute atomic E-state index is 14.5. The van der Waals surface area contributed by atoms with E-state index in [1.807, 2.05) is 80.6 Å². The molecular weight excluding hydrogens is 562 g/mol. The van der Waals surface area contributed by atoms with Gasteiger partial charge in [-0.15, -0.1) is 0 Å². The van der Waals surface area contributed by atoms with Crippen LogP contribution in [0.25, 0.3) is 10.8 Å². The molecule has 1 heterocycles. The topological polar surface area (TPSA) is 90.2 Å². The van der Waals surface area contributed by atoms with Gasteiger partial charge in [-0.25, -0.2) is 5.01 Å². The van der Waals surface area contributed by atoms with Gasteiger partial charge in [0, 0.05) is 52.6 Å². The fourth-order valence-corrected chi connectivity index (χ4v) is 5.86. The van der Waals surface area contributed by atoms with Gasteiger partial charge >= 0.3 is 0 Å². The zero-order chi connectivity index (χ0) is 32.6. The Hall–Kier alpha value is -4.01. The molecular formula is C37H49N5O3. The minimum Gasteiger partial charge on any atom is -0.332 e. The SMILES string of the molecule is CN(C(=O)[C@@H](Cc1ccc2ccccc2c1)N(C)C(=O)/C=C/CC(C)(C)N)C(Cc1ccccc1)C(=O)N(C)N1CCCCC1. The molecule has 3 amide bonds. The molecule has 240 valence electrons. The van der Waals surface area contributed by atoms with Crippen LogP contribution in [0.3, 0.4) is 0 Å². The van der Waals surface area contributed by atoms with Crippen molar-refractivity contribution in [2.24, 2.45) is 5.73 Å². The number of nitrogens with two attached hydrogens (primary N) is 1. The Morgan fingerprint density at radius 1 is 0.778 bits per heavy atom. The second kappa shape index (κ2) is 15.3. The van der Waals surface area contributed by atoms with Crippen LogP contribution in [0.4, 0.5) is 0 Å². The molecule has 0 bridgehead atoms. The van der Waals surface area contributed by atoms with Gasteiger partial charge in [0.05, 0.1) is 0 Å². The molecule has 0 radical (unpaired) electrons. The summed E-state index contributed by atoms with van der Waals surface area (Å²) in [6, 6.07) is 22.4. The van der Waals surface area contributed by atoms with Crippen LogP contribution in [0, 0.1) is 0 Å². The first-order valence-corrected chi connectivity index (χ1v) is 16.0. The van der Waals surface area contributed by atoms with Gasteiger partial charge in [-0.2, -0.15) is 0 Å². The first kappa shape index (κ1) is 33.9. The summed E-state index contributed by atoms with van der Waals surface area (Å²) in [5, 5.41) is 5.94. The number of rotatable bonds is 12. The van der Waals surface area contributed by atoms with Crippen LogP contribution in [-0.4, -0.2) is 89.4 Å². The van der Waals surface area contributed by atoms with Gasteiger partial charge in [0.25, 0.3) is 5.91 Å². The highest BCUT2D eigenvalue weighted by molar-refractivity contribution is 5.95. The monoisotopic (exact) mass is 611 g/mol. The van der Waals surface area contributed by atoms with Crippen molar-refractivity contribution < 1.29 is 14.4 Å². The maximum atomic E-state index is 14.5. The lowest BCUT2D eigenvalue weighted by molar-refractivity contribution is -0.158. The molecule has 4 rings (SSSR count). The average Bonchev–Trinajstić information content (AvgIpc) is 3.04. The third kappa shape index (κ3) is 9.25. The van der Waals surface area contributed by atoms with Crippen LogP contribution in [0.1, 0.15) is 50.7 Å². The summed E-state index contributed by atoms with van der Waals surface area (Å²) in [5.41, 5.74) is 7.56.